The average molecular weight is 278 g/mol. The number of fused-ring (bicyclic) bond motifs is 1. The third-order valence-electron chi connectivity index (χ3n) is 6.57. The van der Waals surface area contributed by atoms with E-state index in [0.29, 0.717) is 18.5 Å². The molecule has 2 N–H and O–H groups in total. The minimum absolute atomic E-state index is 0.304. The molecule has 2 aliphatic heterocycles. The normalized spacial score (nSPS) is 36.2. The van der Waals surface area contributed by atoms with Gasteiger partial charge in [0, 0.05) is 19.1 Å². The van der Waals surface area contributed by atoms with Crippen molar-refractivity contribution >= 4 is 5.91 Å². The van der Waals surface area contributed by atoms with Gasteiger partial charge in [0.25, 0.3) is 0 Å². The van der Waals surface area contributed by atoms with E-state index < -0.39 is 0 Å². The van der Waals surface area contributed by atoms with Crippen molar-refractivity contribution in [3.8, 4) is 0 Å². The summed E-state index contributed by atoms with van der Waals surface area (Å²) in [5.41, 5.74) is 5.70. The van der Waals surface area contributed by atoms with Gasteiger partial charge in [-0.05, 0) is 62.7 Å². The van der Waals surface area contributed by atoms with Crippen molar-refractivity contribution in [2.75, 3.05) is 13.1 Å². The van der Waals surface area contributed by atoms with Crippen molar-refractivity contribution in [1.29, 1.82) is 0 Å². The zero-order valence-electron chi connectivity index (χ0n) is 13.1. The fraction of sp³-hybridized carbons (Fsp3) is 0.941. The fourth-order valence-corrected chi connectivity index (χ4v) is 5.27. The monoisotopic (exact) mass is 278 g/mol. The maximum atomic E-state index is 13.2. The van der Waals surface area contributed by atoms with Crippen LogP contribution in [0.5, 0.6) is 0 Å². The largest absolute Gasteiger partial charge is 0.339 e. The van der Waals surface area contributed by atoms with E-state index in [1.54, 1.807) is 0 Å². The van der Waals surface area contributed by atoms with Gasteiger partial charge in [-0.1, -0.05) is 13.8 Å². The summed E-state index contributed by atoms with van der Waals surface area (Å²) in [6.45, 7) is 5.75. The molecule has 0 aromatic heterocycles. The summed E-state index contributed by atoms with van der Waals surface area (Å²) in [4.78, 5) is 15.4. The Kier molecular flexibility index (Phi) is 3.83. The Balaban J connectivity index is 1.84. The third kappa shape index (κ3) is 2.18. The highest BCUT2D eigenvalue weighted by Gasteiger charge is 2.47. The lowest BCUT2D eigenvalue weighted by molar-refractivity contribution is -0.145. The van der Waals surface area contributed by atoms with Crippen LogP contribution in [0.15, 0.2) is 0 Å². The number of hydrogen-bond acceptors (Lipinski definition) is 2. The van der Waals surface area contributed by atoms with Gasteiger partial charge in [-0.2, -0.15) is 0 Å². The Labute approximate surface area is 123 Å². The molecule has 2 saturated carbocycles. The minimum Gasteiger partial charge on any atom is -0.339 e. The van der Waals surface area contributed by atoms with Crippen LogP contribution in [0.2, 0.25) is 0 Å². The number of rotatable bonds is 4. The van der Waals surface area contributed by atoms with Crippen LogP contribution in [0.4, 0.5) is 0 Å². The molecule has 2 saturated heterocycles. The van der Waals surface area contributed by atoms with Gasteiger partial charge in [0.1, 0.15) is 0 Å². The van der Waals surface area contributed by atoms with Crippen LogP contribution in [0, 0.1) is 23.2 Å². The van der Waals surface area contributed by atoms with Crippen molar-refractivity contribution in [1.82, 2.24) is 4.90 Å². The number of carbonyl (C=O) groups is 1. The Morgan fingerprint density at radius 2 is 1.60 bits per heavy atom. The third-order valence-corrected chi connectivity index (χ3v) is 6.57. The standard InChI is InChI=1S/C17H30N2O/c1-3-17(4-2,11-18)16(20)19-10-14-6-12-5-13(7-14)9-15(19)8-12/h12-15H,3-11,18H2,1-2H3. The van der Waals surface area contributed by atoms with E-state index >= 15 is 0 Å². The van der Waals surface area contributed by atoms with Crippen molar-refractivity contribution in [2.24, 2.45) is 28.9 Å². The number of hydrogen-bond donors (Lipinski definition) is 1. The lowest BCUT2D eigenvalue weighted by Gasteiger charge is -2.41. The number of nitrogens with zero attached hydrogens (tertiary/aromatic N) is 1. The van der Waals surface area contributed by atoms with Gasteiger partial charge in [0.2, 0.25) is 5.91 Å². The quantitative estimate of drug-likeness (QED) is 0.859. The Bertz CT molecular complexity index is 355. The van der Waals surface area contributed by atoms with Crippen LogP contribution in [-0.2, 0) is 4.79 Å². The van der Waals surface area contributed by atoms with Crippen LogP contribution in [-0.4, -0.2) is 29.9 Å². The lowest BCUT2D eigenvalue weighted by Crippen LogP contribution is -2.52. The molecule has 3 nitrogen and oxygen atoms in total. The molecule has 2 aliphatic carbocycles. The first-order chi connectivity index (χ1) is 9.61. The fourth-order valence-electron chi connectivity index (χ4n) is 5.27. The first-order valence-corrected chi connectivity index (χ1v) is 8.63. The zero-order valence-corrected chi connectivity index (χ0v) is 13.1. The maximum Gasteiger partial charge on any atom is 0.230 e. The zero-order chi connectivity index (χ0) is 14.3. The molecule has 0 aromatic carbocycles. The Morgan fingerprint density at radius 3 is 2.10 bits per heavy atom. The summed E-state index contributed by atoms with van der Waals surface area (Å²) in [5, 5.41) is 0. The van der Waals surface area contributed by atoms with Crippen molar-refractivity contribution in [3.63, 3.8) is 0 Å². The van der Waals surface area contributed by atoms with Gasteiger partial charge in [-0.15, -0.1) is 0 Å². The predicted molar refractivity (Wildman–Crippen MR) is 81.1 cm³/mol. The SMILES string of the molecule is CCC(CC)(CN)C(=O)N1CC2CC3CC(C2)CC1C3. The van der Waals surface area contributed by atoms with Crippen LogP contribution in [0.3, 0.4) is 0 Å². The van der Waals surface area contributed by atoms with Crippen LogP contribution >= 0.6 is 0 Å². The van der Waals surface area contributed by atoms with E-state index in [2.05, 4.69) is 18.7 Å². The number of carbonyl (C=O) groups excluding carboxylic acids is 1. The molecule has 3 heteroatoms. The molecule has 4 fully saturated rings. The summed E-state index contributed by atoms with van der Waals surface area (Å²) >= 11 is 0. The summed E-state index contributed by atoms with van der Waals surface area (Å²) in [6.07, 6.45) is 8.42. The van der Waals surface area contributed by atoms with Crippen LogP contribution in [0.25, 0.3) is 0 Å². The highest BCUT2D eigenvalue weighted by molar-refractivity contribution is 5.83. The molecule has 2 atom stereocenters. The van der Waals surface area contributed by atoms with Crippen LogP contribution < -0.4 is 5.73 Å². The Hall–Kier alpha value is -0.570. The minimum atomic E-state index is -0.304. The summed E-state index contributed by atoms with van der Waals surface area (Å²) < 4.78 is 0. The first-order valence-electron chi connectivity index (χ1n) is 8.63. The average Bonchev–Trinajstić information content (AvgIpc) is 2.65. The number of nitrogens with two attached hydrogens (primary N) is 1. The molecule has 4 aliphatic rings. The van der Waals surface area contributed by atoms with E-state index in [4.69, 9.17) is 5.73 Å². The first kappa shape index (κ1) is 14.4. The smallest absolute Gasteiger partial charge is 0.230 e. The van der Waals surface area contributed by atoms with E-state index in [1.807, 2.05) is 0 Å². The van der Waals surface area contributed by atoms with Gasteiger partial charge < -0.3 is 10.6 Å². The van der Waals surface area contributed by atoms with Crippen molar-refractivity contribution < 1.29 is 4.79 Å². The van der Waals surface area contributed by atoms with E-state index in [-0.39, 0.29) is 5.41 Å². The van der Waals surface area contributed by atoms with Crippen molar-refractivity contribution in [3.05, 3.63) is 0 Å². The van der Waals surface area contributed by atoms with Crippen molar-refractivity contribution in [2.45, 2.75) is 64.8 Å². The second-order valence-corrected chi connectivity index (χ2v) is 7.58. The molecule has 0 aromatic rings. The van der Waals surface area contributed by atoms with E-state index in [0.717, 1.165) is 37.1 Å². The highest BCUT2D eigenvalue weighted by atomic mass is 16.2. The molecule has 4 rings (SSSR count). The number of amides is 1. The molecule has 20 heavy (non-hydrogen) atoms. The van der Waals surface area contributed by atoms with Gasteiger partial charge in [-0.3, -0.25) is 4.79 Å². The second-order valence-electron chi connectivity index (χ2n) is 7.58. The summed E-state index contributed by atoms with van der Waals surface area (Å²) in [7, 11) is 0. The predicted octanol–water partition coefficient (Wildman–Crippen LogP) is 2.79. The second kappa shape index (κ2) is 5.32. The Morgan fingerprint density at radius 1 is 1.05 bits per heavy atom. The van der Waals surface area contributed by atoms with Gasteiger partial charge in [-0.25, -0.2) is 0 Å². The van der Waals surface area contributed by atoms with Gasteiger partial charge in [0.05, 0.1) is 5.41 Å². The van der Waals surface area contributed by atoms with Crippen LogP contribution in [0.1, 0.15) is 58.8 Å². The van der Waals surface area contributed by atoms with Gasteiger partial charge in [0.15, 0.2) is 0 Å². The lowest BCUT2D eigenvalue weighted by atomic mass is 9.68. The molecule has 4 bridgehead atoms. The molecule has 0 radical (unpaired) electrons. The molecule has 2 heterocycles. The summed E-state index contributed by atoms with van der Waals surface area (Å²) in [6, 6.07) is 0.516. The van der Waals surface area contributed by atoms with E-state index in [1.165, 1.54) is 32.1 Å². The molecule has 2 unspecified atom stereocenters. The molecular formula is C17H30N2O. The highest BCUT2D eigenvalue weighted by Crippen LogP contribution is 2.48. The molecule has 1 amide bonds. The maximum absolute atomic E-state index is 13.2. The van der Waals surface area contributed by atoms with Gasteiger partial charge >= 0.3 is 0 Å². The molecule has 114 valence electrons. The summed E-state index contributed by atoms with van der Waals surface area (Å²) in [5.74, 6) is 2.92. The topological polar surface area (TPSA) is 46.3 Å². The van der Waals surface area contributed by atoms with E-state index in [9.17, 15) is 4.79 Å². The molecule has 0 spiro atoms. The molecular weight excluding hydrogens is 248 g/mol.